The first-order valence-corrected chi connectivity index (χ1v) is 4.36. The smallest absolute Gasteiger partial charge is 0.138 e. The molecule has 4 nitrogen and oxygen atoms in total. The van der Waals surface area contributed by atoms with Gasteiger partial charge in [0.15, 0.2) is 0 Å². The van der Waals surface area contributed by atoms with Crippen LogP contribution >= 0.6 is 0 Å². The second-order valence-corrected chi connectivity index (χ2v) is 3.08. The van der Waals surface area contributed by atoms with Crippen LogP contribution in [0.3, 0.4) is 0 Å². The van der Waals surface area contributed by atoms with Gasteiger partial charge in [0.2, 0.25) is 0 Å². The predicted molar refractivity (Wildman–Crippen MR) is 47.7 cm³/mol. The Morgan fingerprint density at radius 3 is 3.00 bits per heavy atom. The minimum atomic E-state index is 0.157. The van der Waals surface area contributed by atoms with E-state index in [1.54, 1.807) is 6.33 Å². The van der Waals surface area contributed by atoms with Gasteiger partial charge in [0.05, 0.1) is 0 Å². The van der Waals surface area contributed by atoms with Crippen molar-refractivity contribution in [2.24, 2.45) is 5.73 Å². The fourth-order valence-corrected chi connectivity index (χ4v) is 1.13. The van der Waals surface area contributed by atoms with Gasteiger partial charge in [-0.15, -0.1) is 0 Å². The molecule has 0 amide bonds. The van der Waals surface area contributed by atoms with Gasteiger partial charge in [0, 0.05) is 19.0 Å². The molecule has 1 aromatic rings. The number of aryl methyl sites for hydroxylation is 1. The van der Waals surface area contributed by atoms with Crippen molar-refractivity contribution < 1.29 is 0 Å². The van der Waals surface area contributed by atoms with Crippen molar-refractivity contribution in [3.63, 3.8) is 0 Å². The monoisotopic (exact) mass is 168 g/mol. The molecule has 0 bridgehead atoms. The molecule has 0 aliphatic heterocycles. The highest BCUT2D eigenvalue weighted by Gasteiger charge is 2.04. The molecule has 2 N–H and O–H groups in total. The molecule has 0 fully saturated rings. The van der Waals surface area contributed by atoms with Crippen LogP contribution in [-0.4, -0.2) is 20.8 Å². The molecule has 0 aliphatic carbocycles. The van der Waals surface area contributed by atoms with Crippen LogP contribution in [0.4, 0.5) is 0 Å². The Morgan fingerprint density at radius 2 is 2.42 bits per heavy atom. The van der Waals surface area contributed by atoms with Crippen molar-refractivity contribution in [2.75, 3.05) is 0 Å². The van der Waals surface area contributed by atoms with Gasteiger partial charge in [-0.05, 0) is 13.3 Å². The average molecular weight is 168 g/mol. The van der Waals surface area contributed by atoms with Crippen LogP contribution in [0.15, 0.2) is 6.33 Å². The lowest BCUT2D eigenvalue weighted by Gasteiger charge is -2.05. The van der Waals surface area contributed by atoms with Gasteiger partial charge in [-0.3, -0.25) is 4.68 Å². The maximum atomic E-state index is 5.67. The van der Waals surface area contributed by atoms with Gasteiger partial charge in [0.1, 0.15) is 12.2 Å². The van der Waals surface area contributed by atoms with E-state index in [2.05, 4.69) is 17.0 Å². The molecule has 1 aromatic heterocycles. The molecule has 0 spiro atoms. The van der Waals surface area contributed by atoms with Crippen molar-refractivity contribution in [3.8, 4) is 0 Å². The highest BCUT2D eigenvalue weighted by Crippen LogP contribution is 1.98. The Hall–Kier alpha value is -0.900. The van der Waals surface area contributed by atoms with Crippen molar-refractivity contribution in [3.05, 3.63) is 12.2 Å². The Bertz CT molecular complexity index is 229. The predicted octanol–water partition coefficient (Wildman–Crippen LogP) is 0.578. The van der Waals surface area contributed by atoms with Gasteiger partial charge >= 0.3 is 0 Å². The third-order valence-corrected chi connectivity index (χ3v) is 1.64. The van der Waals surface area contributed by atoms with E-state index in [1.807, 2.05) is 11.6 Å². The number of rotatable bonds is 4. The summed E-state index contributed by atoms with van der Waals surface area (Å²) < 4.78 is 1.92. The summed E-state index contributed by atoms with van der Waals surface area (Å²) >= 11 is 0. The first-order chi connectivity index (χ1) is 5.74. The van der Waals surface area contributed by atoms with Crippen LogP contribution in [-0.2, 0) is 13.0 Å². The third kappa shape index (κ3) is 2.30. The Morgan fingerprint density at radius 1 is 1.67 bits per heavy atom. The highest BCUT2D eigenvalue weighted by atomic mass is 15.3. The second kappa shape index (κ2) is 4.21. The number of aromatic nitrogens is 3. The van der Waals surface area contributed by atoms with Gasteiger partial charge in [-0.25, -0.2) is 4.98 Å². The van der Waals surface area contributed by atoms with Crippen LogP contribution in [0.1, 0.15) is 26.1 Å². The molecule has 4 heteroatoms. The quantitative estimate of drug-likeness (QED) is 0.715. The van der Waals surface area contributed by atoms with Gasteiger partial charge in [0.25, 0.3) is 0 Å². The highest BCUT2D eigenvalue weighted by molar-refractivity contribution is 4.87. The van der Waals surface area contributed by atoms with Crippen molar-refractivity contribution >= 4 is 0 Å². The van der Waals surface area contributed by atoms with Crippen LogP contribution < -0.4 is 5.73 Å². The zero-order valence-electron chi connectivity index (χ0n) is 7.70. The van der Waals surface area contributed by atoms with Gasteiger partial charge in [-0.2, -0.15) is 5.10 Å². The number of nitrogens with zero attached hydrogens (tertiary/aromatic N) is 3. The van der Waals surface area contributed by atoms with E-state index in [4.69, 9.17) is 5.73 Å². The lowest BCUT2D eigenvalue weighted by atomic mass is 10.2. The fraction of sp³-hybridized carbons (Fsp3) is 0.750. The molecular weight excluding hydrogens is 152 g/mol. The molecule has 1 atom stereocenters. The Labute approximate surface area is 72.8 Å². The summed E-state index contributed by atoms with van der Waals surface area (Å²) in [6, 6.07) is 0.157. The topological polar surface area (TPSA) is 56.7 Å². The maximum absolute atomic E-state index is 5.67. The van der Waals surface area contributed by atoms with Crippen LogP contribution in [0.25, 0.3) is 0 Å². The van der Waals surface area contributed by atoms with E-state index in [0.717, 1.165) is 25.2 Å². The normalized spacial score (nSPS) is 13.2. The van der Waals surface area contributed by atoms with Crippen molar-refractivity contribution in [2.45, 2.75) is 39.3 Å². The summed E-state index contributed by atoms with van der Waals surface area (Å²) in [5.41, 5.74) is 5.67. The summed E-state index contributed by atoms with van der Waals surface area (Å²) in [5.74, 6) is 0.992. The molecule has 1 heterocycles. The van der Waals surface area contributed by atoms with E-state index >= 15 is 0 Å². The van der Waals surface area contributed by atoms with E-state index < -0.39 is 0 Å². The summed E-state index contributed by atoms with van der Waals surface area (Å²) in [6.45, 7) is 5.03. The first-order valence-electron chi connectivity index (χ1n) is 4.36. The standard InChI is InChI=1S/C8H16N4/c1-3-4-12-8(5-7(2)9)10-6-11-12/h6-7H,3-5,9H2,1-2H3. The summed E-state index contributed by atoms with van der Waals surface area (Å²) in [6.07, 6.45) is 3.47. The lowest BCUT2D eigenvalue weighted by molar-refractivity contribution is 0.551. The number of nitrogens with two attached hydrogens (primary N) is 1. The number of hydrogen-bond acceptors (Lipinski definition) is 3. The first kappa shape index (κ1) is 9.19. The molecule has 0 saturated heterocycles. The molecule has 0 aromatic carbocycles. The Balaban J connectivity index is 2.63. The second-order valence-electron chi connectivity index (χ2n) is 3.08. The molecule has 1 rings (SSSR count). The fourth-order valence-electron chi connectivity index (χ4n) is 1.13. The molecule has 0 saturated carbocycles. The van der Waals surface area contributed by atoms with Crippen molar-refractivity contribution in [1.82, 2.24) is 14.8 Å². The summed E-state index contributed by atoms with van der Waals surface area (Å²) in [7, 11) is 0. The molecule has 68 valence electrons. The van der Waals surface area contributed by atoms with E-state index in [1.165, 1.54) is 0 Å². The largest absolute Gasteiger partial charge is 0.328 e. The lowest BCUT2D eigenvalue weighted by Crippen LogP contribution is -2.21. The SMILES string of the molecule is CCCn1ncnc1CC(C)N. The Kier molecular flexibility index (Phi) is 3.22. The molecule has 0 aliphatic rings. The average Bonchev–Trinajstić information content (AvgIpc) is 2.37. The third-order valence-electron chi connectivity index (χ3n) is 1.64. The van der Waals surface area contributed by atoms with Crippen LogP contribution in [0, 0.1) is 0 Å². The zero-order chi connectivity index (χ0) is 8.97. The molecular formula is C8H16N4. The number of hydrogen-bond donors (Lipinski definition) is 1. The van der Waals surface area contributed by atoms with E-state index in [0.29, 0.717) is 0 Å². The van der Waals surface area contributed by atoms with Crippen LogP contribution in [0.2, 0.25) is 0 Å². The zero-order valence-corrected chi connectivity index (χ0v) is 7.70. The van der Waals surface area contributed by atoms with E-state index in [9.17, 15) is 0 Å². The van der Waals surface area contributed by atoms with Gasteiger partial charge in [-0.1, -0.05) is 6.92 Å². The summed E-state index contributed by atoms with van der Waals surface area (Å²) in [5, 5.41) is 4.11. The molecule has 1 unspecified atom stereocenters. The van der Waals surface area contributed by atoms with Crippen molar-refractivity contribution in [1.29, 1.82) is 0 Å². The minimum Gasteiger partial charge on any atom is -0.328 e. The summed E-state index contributed by atoms with van der Waals surface area (Å²) in [4.78, 5) is 4.15. The van der Waals surface area contributed by atoms with E-state index in [-0.39, 0.29) is 6.04 Å². The maximum Gasteiger partial charge on any atom is 0.138 e. The molecule has 0 radical (unpaired) electrons. The minimum absolute atomic E-state index is 0.157. The molecule has 12 heavy (non-hydrogen) atoms. The van der Waals surface area contributed by atoms with Crippen LogP contribution in [0.5, 0.6) is 0 Å². The van der Waals surface area contributed by atoms with Gasteiger partial charge < -0.3 is 5.73 Å².